The molecule has 1 heterocycles. The van der Waals surface area contributed by atoms with Gasteiger partial charge < -0.3 is 5.73 Å². The number of hydrogen-bond acceptors (Lipinski definition) is 3. The highest BCUT2D eigenvalue weighted by Crippen LogP contribution is 2.15. The second-order valence-electron chi connectivity index (χ2n) is 5.09. The summed E-state index contributed by atoms with van der Waals surface area (Å²) in [5, 5.41) is 0. The lowest BCUT2D eigenvalue weighted by Gasteiger charge is -2.10. The minimum atomic E-state index is 0.502. The first kappa shape index (κ1) is 13.7. The van der Waals surface area contributed by atoms with Crippen LogP contribution in [0, 0.1) is 27.7 Å². The lowest BCUT2D eigenvalue weighted by molar-refractivity contribution is 0.866. The number of aromatic nitrogens is 2. The molecule has 0 aliphatic heterocycles. The zero-order chi connectivity index (χ0) is 14.0. The molecule has 0 amide bonds. The van der Waals surface area contributed by atoms with Crippen LogP contribution in [0.3, 0.4) is 0 Å². The molecule has 0 aliphatic rings. The maximum absolute atomic E-state index is 5.71. The molecule has 1 aromatic heterocycles. The van der Waals surface area contributed by atoms with Gasteiger partial charge in [0.05, 0.1) is 0 Å². The van der Waals surface area contributed by atoms with Crippen molar-refractivity contribution in [2.24, 2.45) is 5.73 Å². The second-order valence-corrected chi connectivity index (χ2v) is 5.09. The van der Waals surface area contributed by atoms with E-state index in [1.807, 2.05) is 13.8 Å². The molecule has 0 radical (unpaired) electrons. The molecule has 2 N–H and O–H groups in total. The molecule has 19 heavy (non-hydrogen) atoms. The van der Waals surface area contributed by atoms with Gasteiger partial charge in [-0.2, -0.15) is 0 Å². The molecule has 3 heteroatoms. The first-order chi connectivity index (χ1) is 9.01. The van der Waals surface area contributed by atoms with E-state index in [1.54, 1.807) is 0 Å². The SMILES string of the molecule is Cc1ccc(Cc2nc(C)c(CN)c(C)n2)cc1C. The third kappa shape index (κ3) is 2.99. The third-order valence-corrected chi connectivity index (χ3v) is 3.60. The van der Waals surface area contributed by atoms with Crippen LogP contribution in [0.5, 0.6) is 0 Å². The van der Waals surface area contributed by atoms with Crippen molar-refractivity contribution in [3.05, 3.63) is 57.7 Å². The van der Waals surface area contributed by atoms with Gasteiger partial charge in [-0.25, -0.2) is 9.97 Å². The van der Waals surface area contributed by atoms with E-state index in [4.69, 9.17) is 5.73 Å². The molecule has 3 nitrogen and oxygen atoms in total. The van der Waals surface area contributed by atoms with Gasteiger partial charge in [0.15, 0.2) is 0 Å². The Balaban J connectivity index is 2.31. The van der Waals surface area contributed by atoms with Crippen LogP contribution in [0.25, 0.3) is 0 Å². The number of benzene rings is 1. The number of nitrogens with zero attached hydrogens (tertiary/aromatic N) is 2. The Kier molecular flexibility index (Phi) is 3.96. The molecule has 0 spiro atoms. The molecule has 0 fully saturated rings. The average molecular weight is 255 g/mol. The van der Waals surface area contributed by atoms with Gasteiger partial charge in [0.2, 0.25) is 0 Å². The van der Waals surface area contributed by atoms with Gasteiger partial charge in [0.25, 0.3) is 0 Å². The zero-order valence-electron chi connectivity index (χ0n) is 12.1. The maximum atomic E-state index is 5.71. The Morgan fingerprint density at radius 1 is 0.947 bits per heavy atom. The Bertz CT molecular complexity index is 580. The van der Waals surface area contributed by atoms with Gasteiger partial charge in [-0.05, 0) is 44.4 Å². The predicted octanol–water partition coefficient (Wildman–Crippen LogP) is 2.76. The van der Waals surface area contributed by atoms with Crippen LogP contribution in [-0.4, -0.2) is 9.97 Å². The van der Waals surface area contributed by atoms with Gasteiger partial charge in [0.1, 0.15) is 5.82 Å². The van der Waals surface area contributed by atoms with E-state index in [2.05, 4.69) is 42.0 Å². The van der Waals surface area contributed by atoms with Gasteiger partial charge in [-0.1, -0.05) is 18.2 Å². The molecule has 0 aliphatic carbocycles. The largest absolute Gasteiger partial charge is 0.326 e. The van der Waals surface area contributed by atoms with Crippen LogP contribution < -0.4 is 5.73 Å². The van der Waals surface area contributed by atoms with E-state index < -0.39 is 0 Å². The summed E-state index contributed by atoms with van der Waals surface area (Å²) in [5.41, 5.74) is 12.6. The summed E-state index contributed by atoms with van der Waals surface area (Å²) in [5.74, 6) is 0.871. The first-order valence-corrected chi connectivity index (χ1v) is 6.60. The smallest absolute Gasteiger partial charge is 0.133 e. The molecule has 2 rings (SSSR count). The van der Waals surface area contributed by atoms with Crippen molar-refractivity contribution >= 4 is 0 Å². The molecule has 100 valence electrons. The van der Waals surface area contributed by atoms with Crippen molar-refractivity contribution < 1.29 is 0 Å². The van der Waals surface area contributed by atoms with E-state index in [0.29, 0.717) is 6.54 Å². The number of aryl methyl sites for hydroxylation is 4. The minimum Gasteiger partial charge on any atom is -0.326 e. The summed E-state index contributed by atoms with van der Waals surface area (Å²) in [7, 11) is 0. The normalized spacial score (nSPS) is 10.8. The van der Waals surface area contributed by atoms with E-state index >= 15 is 0 Å². The number of hydrogen-bond donors (Lipinski definition) is 1. The van der Waals surface area contributed by atoms with Gasteiger partial charge in [0, 0.05) is 29.9 Å². The fraction of sp³-hybridized carbons (Fsp3) is 0.375. The van der Waals surface area contributed by atoms with Crippen molar-refractivity contribution in [3.8, 4) is 0 Å². The van der Waals surface area contributed by atoms with E-state index in [1.165, 1.54) is 16.7 Å². The molecule has 1 aromatic carbocycles. The molecular weight excluding hydrogens is 234 g/mol. The molecule has 0 bridgehead atoms. The molecule has 0 unspecified atom stereocenters. The quantitative estimate of drug-likeness (QED) is 0.917. The predicted molar refractivity (Wildman–Crippen MR) is 78.1 cm³/mol. The Hall–Kier alpha value is -1.74. The van der Waals surface area contributed by atoms with Crippen molar-refractivity contribution in [1.29, 1.82) is 0 Å². The Labute approximate surface area is 114 Å². The topological polar surface area (TPSA) is 51.8 Å². The van der Waals surface area contributed by atoms with E-state index in [9.17, 15) is 0 Å². The van der Waals surface area contributed by atoms with Crippen LogP contribution >= 0.6 is 0 Å². The molecular formula is C16H21N3. The summed E-state index contributed by atoms with van der Waals surface area (Å²) in [6.07, 6.45) is 0.771. The maximum Gasteiger partial charge on any atom is 0.133 e. The fourth-order valence-corrected chi connectivity index (χ4v) is 2.28. The highest BCUT2D eigenvalue weighted by molar-refractivity contribution is 5.32. The van der Waals surface area contributed by atoms with Crippen LogP contribution in [-0.2, 0) is 13.0 Å². The molecule has 2 aromatic rings. The van der Waals surface area contributed by atoms with Gasteiger partial charge >= 0.3 is 0 Å². The highest BCUT2D eigenvalue weighted by Gasteiger charge is 2.08. The third-order valence-electron chi connectivity index (χ3n) is 3.60. The Morgan fingerprint density at radius 3 is 2.11 bits per heavy atom. The van der Waals surface area contributed by atoms with Gasteiger partial charge in [-0.15, -0.1) is 0 Å². The van der Waals surface area contributed by atoms with Crippen LogP contribution in [0.15, 0.2) is 18.2 Å². The minimum absolute atomic E-state index is 0.502. The number of nitrogens with two attached hydrogens (primary N) is 1. The van der Waals surface area contributed by atoms with Crippen LogP contribution in [0.4, 0.5) is 0 Å². The summed E-state index contributed by atoms with van der Waals surface area (Å²) < 4.78 is 0. The van der Waals surface area contributed by atoms with Gasteiger partial charge in [-0.3, -0.25) is 0 Å². The summed E-state index contributed by atoms with van der Waals surface area (Å²) in [6, 6.07) is 6.51. The lowest BCUT2D eigenvalue weighted by atomic mass is 10.0. The van der Waals surface area contributed by atoms with Crippen molar-refractivity contribution in [1.82, 2.24) is 9.97 Å². The van der Waals surface area contributed by atoms with Crippen LogP contribution in [0.1, 0.15) is 39.5 Å². The average Bonchev–Trinajstić information content (AvgIpc) is 2.33. The second kappa shape index (κ2) is 5.49. The standard InChI is InChI=1S/C16H21N3/c1-10-5-6-14(7-11(10)2)8-16-18-12(3)15(9-17)13(4)19-16/h5-7H,8-9,17H2,1-4H3. The molecule has 0 saturated heterocycles. The van der Waals surface area contributed by atoms with E-state index in [-0.39, 0.29) is 0 Å². The Morgan fingerprint density at radius 2 is 1.58 bits per heavy atom. The molecule has 0 saturated carbocycles. The van der Waals surface area contributed by atoms with E-state index in [0.717, 1.165) is 29.2 Å². The van der Waals surface area contributed by atoms with Crippen molar-refractivity contribution in [3.63, 3.8) is 0 Å². The number of rotatable bonds is 3. The summed E-state index contributed by atoms with van der Waals surface area (Å²) in [4.78, 5) is 9.12. The van der Waals surface area contributed by atoms with Crippen molar-refractivity contribution in [2.75, 3.05) is 0 Å². The lowest BCUT2D eigenvalue weighted by Crippen LogP contribution is -2.09. The highest BCUT2D eigenvalue weighted by atomic mass is 14.9. The summed E-state index contributed by atoms with van der Waals surface area (Å²) in [6.45, 7) is 8.76. The van der Waals surface area contributed by atoms with Crippen molar-refractivity contribution in [2.45, 2.75) is 40.7 Å². The monoisotopic (exact) mass is 255 g/mol. The first-order valence-electron chi connectivity index (χ1n) is 6.60. The summed E-state index contributed by atoms with van der Waals surface area (Å²) >= 11 is 0. The molecule has 0 atom stereocenters. The van der Waals surface area contributed by atoms with Crippen LogP contribution in [0.2, 0.25) is 0 Å². The fourth-order valence-electron chi connectivity index (χ4n) is 2.28. The zero-order valence-corrected chi connectivity index (χ0v) is 12.1.